The van der Waals surface area contributed by atoms with Crippen molar-refractivity contribution in [2.75, 3.05) is 26.2 Å². The Morgan fingerprint density at radius 2 is 1.57 bits per heavy atom. The van der Waals surface area contributed by atoms with Crippen molar-refractivity contribution in [3.63, 3.8) is 0 Å². The highest BCUT2D eigenvalue weighted by molar-refractivity contribution is 7.88. The molecule has 1 aromatic carbocycles. The number of rotatable bonds is 3. The smallest absolute Gasteiger partial charge is 0.228 e. The van der Waals surface area contributed by atoms with Crippen LogP contribution in [0.2, 0.25) is 0 Å². The first-order chi connectivity index (χ1) is 10.6. The van der Waals surface area contributed by atoms with E-state index >= 15 is 0 Å². The fraction of sp³-hybridized carbons (Fsp3) is 0.588. The third-order valence-electron chi connectivity index (χ3n) is 4.03. The number of hydrogen-bond acceptors (Lipinski definition) is 3. The zero-order valence-corrected chi connectivity index (χ0v) is 15.2. The molecule has 6 heteroatoms. The number of hydrogen-bond donors (Lipinski definition) is 0. The van der Waals surface area contributed by atoms with E-state index in [9.17, 15) is 13.2 Å². The van der Waals surface area contributed by atoms with Gasteiger partial charge in [-0.05, 0) is 12.5 Å². The van der Waals surface area contributed by atoms with Gasteiger partial charge in [-0.25, -0.2) is 8.42 Å². The van der Waals surface area contributed by atoms with Gasteiger partial charge in [0.15, 0.2) is 0 Å². The molecular formula is C17H26N2O3S. The normalized spacial score (nSPS) is 17.3. The topological polar surface area (TPSA) is 57.7 Å². The maximum Gasteiger partial charge on any atom is 0.228 e. The Balaban J connectivity index is 1.98. The number of carbonyl (C=O) groups excluding carboxylic acids is 1. The van der Waals surface area contributed by atoms with E-state index in [1.54, 1.807) is 4.90 Å². The molecule has 0 saturated carbocycles. The van der Waals surface area contributed by atoms with Gasteiger partial charge in [-0.3, -0.25) is 4.79 Å². The first kappa shape index (κ1) is 17.9. The van der Waals surface area contributed by atoms with Gasteiger partial charge < -0.3 is 4.90 Å². The fourth-order valence-corrected chi connectivity index (χ4v) is 4.15. The summed E-state index contributed by atoms with van der Waals surface area (Å²) in [6, 6.07) is 7.55. The summed E-state index contributed by atoms with van der Waals surface area (Å²) < 4.78 is 26.6. The summed E-state index contributed by atoms with van der Waals surface area (Å²) in [6.45, 7) is 9.30. The van der Waals surface area contributed by atoms with Crippen LogP contribution in [0, 0.1) is 12.3 Å². The predicted octanol–water partition coefficient (Wildman–Crippen LogP) is 2.02. The van der Waals surface area contributed by atoms with E-state index < -0.39 is 15.4 Å². The molecule has 5 nitrogen and oxygen atoms in total. The molecule has 1 saturated heterocycles. The Morgan fingerprint density at radius 1 is 1.04 bits per heavy atom. The van der Waals surface area contributed by atoms with Gasteiger partial charge in [0.05, 0.1) is 5.75 Å². The molecule has 1 aromatic rings. The molecule has 128 valence electrons. The van der Waals surface area contributed by atoms with Crippen LogP contribution in [-0.2, 0) is 20.6 Å². The Morgan fingerprint density at radius 3 is 2.04 bits per heavy atom. The van der Waals surface area contributed by atoms with Gasteiger partial charge in [0.25, 0.3) is 0 Å². The van der Waals surface area contributed by atoms with E-state index in [1.807, 2.05) is 52.0 Å². The van der Waals surface area contributed by atoms with Crippen LogP contribution in [-0.4, -0.2) is 49.7 Å². The minimum atomic E-state index is -3.34. The number of benzene rings is 1. The van der Waals surface area contributed by atoms with Crippen LogP contribution in [0.3, 0.4) is 0 Å². The number of nitrogens with zero attached hydrogens (tertiary/aromatic N) is 2. The Labute approximate surface area is 139 Å². The summed E-state index contributed by atoms with van der Waals surface area (Å²) >= 11 is 0. The monoisotopic (exact) mass is 338 g/mol. The molecule has 1 aliphatic rings. The van der Waals surface area contributed by atoms with Crippen LogP contribution in [0.25, 0.3) is 0 Å². The number of aryl methyl sites for hydroxylation is 1. The van der Waals surface area contributed by atoms with Gasteiger partial charge in [-0.2, -0.15) is 4.31 Å². The molecule has 0 unspecified atom stereocenters. The number of piperazine rings is 1. The van der Waals surface area contributed by atoms with E-state index in [0.717, 1.165) is 11.1 Å². The molecule has 1 fully saturated rings. The van der Waals surface area contributed by atoms with Crippen LogP contribution >= 0.6 is 0 Å². The van der Waals surface area contributed by atoms with E-state index in [0.29, 0.717) is 26.2 Å². The zero-order valence-electron chi connectivity index (χ0n) is 14.4. The molecule has 0 atom stereocenters. The molecule has 0 aliphatic carbocycles. The molecule has 0 radical (unpaired) electrons. The molecule has 0 aromatic heterocycles. The summed E-state index contributed by atoms with van der Waals surface area (Å²) in [7, 11) is -3.34. The molecule has 0 spiro atoms. The molecule has 1 heterocycles. The van der Waals surface area contributed by atoms with Gasteiger partial charge in [-0.1, -0.05) is 50.6 Å². The van der Waals surface area contributed by atoms with E-state index in [2.05, 4.69) is 0 Å². The lowest BCUT2D eigenvalue weighted by Crippen LogP contribution is -2.53. The van der Waals surface area contributed by atoms with Gasteiger partial charge in [-0.15, -0.1) is 0 Å². The van der Waals surface area contributed by atoms with Crippen LogP contribution in [0.5, 0.6) is 0 Å². The largest absolute Gasteiger partial charge is 0.340 e. The van der Waals surface area contributed by atoms with Crippen molar-refractivity contribution in [3.8, 4) is 0 Å². The molecule has 2 rings (SSSR count). The second-order valence-electron chi connectivity index (χ2n) is 7.18. The third-order valence-corrected chi connectivity index (χ3v) is 5.88. The molecule has 0 bridgehead atoms. The van der Waals surface area contributed by atoms with Crippen molar-refractivity contribution in [1.82, 2.24) is 9.21 Å². The highest BCUT2D eigenvalue weighted by atomic mass is 32.2. The van der Waals surface area contributed by atoms with Crippen LogP contribution < -0.4 is 0 Å². The predicted molar refractivity (Wildman–Crippen MR) is 91.4 cm³/mol. The first-order valence-corrected chi connectivity index (χ1v) is 9.53. The Kier molecular flexibility index (Phi) is 5.16. The summed E-state index contributed by atoms with van der Waals surface area (Å²) in [5, 5.41) is 0. The highest BCUT2D eigenvalue weighted by Gasteiger charge is 2.33. The Bertz CT molecular complexity index is 652. The summed E-state index contributed by atoms with van der Waals surface area (Å²) in [5.41, 5.74) is 1.48. The standard InChI is InChI=1S/C17H26N2O3S/c1-14-5-7-15(8-6-14)13-23(21,22)19-11-9-18(10-12-19)16(20)17(2,3)4/h5-8H,9-13H2,1-4H3. The lowest BCUT2D eigenvalue weighted by molar-refractivity contribution is -0.140. The molecule has 0 N–H and O–H groups in total. The van der Waals surface area contributed by atoms with Crippen molar-refractivity contribution in [1.29, 1.82) is 0 Å². The second-order valence-corrected chi connectivity index (χ2v) is 9.15. The molecule has 1 amide bonds. The van der Waals surface area contributed by atoms with E-state index in [-0.39, 0.29) is 11.7 Å². The lowest BCUT2D eigenvalue weighted by atomic mass is 9.94. The van der Waals surface area contributed by atoms with Gasteiger partial charge in [0.2, 0.25) is 15.9 Å². The third kappa shape index (κ3) is 4.54. The molecule has 23 heavy (non-hydrogen) atoms. The SMILES string of the molecule is Cc1ccc(CS(=O)(=O)N2CCN(C(=O)C(C)(C)C)CC2)cc1. The average molecular weight is 338 g/mol. The zero-order chi connectivity index (χ0) is 17.3. The van der Waals surface area contributed by atoms with Crippen LogP contribution in [0.15, 0.2) is 24.3 Å². The minimum Gasteiger partial charge on any atom is -0.340 e. The fourth-order valence-electron chi connectivity index (χ4n) is 2.63. The summed E-state index contributed by atoms with van der Waals surface area (Å²) in [6.07, 6.45) is 0. The van der Waals surface area contributed by atoms with Crippen molar-refractivity contribution < 1.29 is 13.2 Å². The quantitative estimate of drug-likeness (QED) is 0.847. The van der Waals surface area contributed by atoms with Gasteiger partial charge >= 0.3 is 0 Å². The van der Waals surface area contributed by atoms with Crippen LogP contribution in [0.4, 0.5) is 0 Å². The summed E-state index contributed by atoms with van der Waals surface area (Å²) in [5.74, 6) is 0.0913. The number of carbonyl (C=O) groups is 1. The van der Waals surface area contributed by atoms with E-state index in [4.69, 9.17) is 0 Å². The van der Waals surface area contributed by atoms with Gasteiger partial charge in [0, 0.05) is 31.6 Å². The number of amides is 1. The maximum absolute atomic E-state index is 12.5. The molecule has 1 aliphatic heterocycles. The highest BCUT2D eigenvalue weighted by Crippen LogP contribution is 2.20. The van der Waals surface area contributed by atoms with Crippen LogP contribution in [0.1, 0.15) is 31.9 Å². The average Bonchev–Trinajstić information content (AvgIpc) is 2.48. The number of sulfonamides is 1. The second kappa shape index (κ2) is 6.61. The first-order valence-electron chi connectivity index (χ1n) is 7.92. The minimum absolute atomic E-state index is 0.0144. The van der Waals surface area contributed by atoms with Crippen molar-refractivity contribution >= 4 is 15.9 Å². The van der Waals surface area contributed by atoms with Gasteiger partial charge in [0.1, 0.15) is 0 Å². The summed E-state index contributed by atoms with van der Waals surface area (Å²) in [4.78, 5) is 14.0. The van der Waals surface area contributed by atoms with Crippen molar-refractivity contribution in [2.24, 2.45) is 5.41 Å². The van der Waals surface area contributed by atoms with Crippen molar-refractivity contribution in [2.45, 2.75) is 33.4 Å². The lowest BCUT2D eigenvalue weighted by Gasteiger charge is -2.37. The van der Waals surface area contributed by atoms with Crippen molar-refractivity contribution in [3.05, 3.63) is 35.4 Å². The Hall–Kier alpha value is -1.40. The maximum atomic E-state index is 12.5. The van der Waals surface area contributed by atoms with E-state index in [1.165, 1.54) is 4.31 Å². The molecular weight excluding hydrogens is 312 g/mol.